The van der Waals surface area contributed by atoms with Gasteiger partial charge in [0.15, 0.2) is 0 Å². The van der Waals surface area contributed by atoms with Crippen molar-refractivity contribution in [1.82, 2.24) is 10.6 Å². The van der Waals surface area contributed by atoms with Crippen molar-refractivity contribution in [2.24, 2.45) is 0 Å². The number of carbonyl (C=O) groups is 2. The fourth-order valence-electron chi connectivity index (χ4n) is 3.35. The molecule has 3 aromatic rings. The summed E-state index contributed by atoms with van der Waals surface area (Å²) in [6, 6.07) is 22.6. The molecule has 166 valence electrons. The number of hydrogen-bond donors (Lipinski definition) is 3. The van der Waals surface area contributed by atoms with Crippen molar-refractivity contribution in [3.63, 3.8) is 0 Å². The van der Waals surface area contributed by atoms with E-state index in [1.165, 1.54) is 5.56 Å². The number of ether oxygens (including phenoxy) is 1. The molecule has 0 aliphatic heterocycles. The molecule has 0 saturated heterocycles. The van der Waals surface area contributed by atoms with Crippen molar-refractivity contribution in [1.29, 1.82) is 0 Å². The Kier molecular flexibility index (Phi) is 8.00. The van der Waals surface area contributed by atoms with Crippen LogP contribution in [0.3, 0.4) is 0 Å². The first kappa shape index (κ1) is 23.0. The second-order valence-electron chi connectivity index (χ2n) is 7.61. The lowest BCUT2D eigenvalue weighted by atomic mass is 10.1. The fraction of sp³-hybridized carbons (Fsp3) is 0.231. The van der Waals surface area contributed by atoms with E-state index in [4.69, 9.17) is 4.74 Å². The minimum atomic E-state index is -0.239. The Morgan fingerprint density at radius 3 is 2.38 bits per heavy atom. The van der Waals surface area contributed by atoms with Gasteiger partial charge < -0.3 is 20.7 Å². The third-order valence-corrected chi connectivity index (χ3v) is 5.19. The maximum Gasteiger partial charge on any atom is 0.253 e. The highest BCUT2D eigenvalue weighted by Gasteiger charge is 2.15. The molecule has 2 amide bonds. The maximum absolute atomic E-state index is 12.7. The summed E-state index contributed by atoms with van der Waals surface area (Å²) in [6.07, 6.45) is 0. The molecular weight excluding hydrogens is 402 g/mol. The van der Waals surface area contributed by atoms with Crippen LogP contribution in [0.2, 0.25) is 0 Å². The van der Waals surface area contributed by atoms with E-state index in [0.29, 0.717) is 17.8 Å². The van der Waals surface area contributed by atoms with Crippen LogP contribution in [0, 0.1) is 6.92 Å². The Morgan fingerprint density at radius 1 is 0.938 bits per heavy atom. The molecule has 0 unspecified atom stereocenters. The van der Waals surface area contributed by atoms with Gasteiger partial charge in [0, 0.05) is 18.2 Å². The van der Waals surface area contributed by atoms with Crippen LogP contribution in [0.5, 0.6) is 5.75 Å². The lowest BCUT2D eigenvalue weighted by molar-refractivity contribution is -0.115. The van der Waals surface area contributed by atoms with E-state index < -0.39 is 0 Å². The predicted molar refractivity (Wildman–Crippen MR) is 127 cm³/mol. The van der Waals surface area contributed by atoms with Crippen molar-refractivity contribution < 1.29 is 14.3 Å². The lowest BCUT2D eigenvalue weighted by Gasteiger charge is -2.17. The van der Waals surface area contributed by atoms with E-state index in [1.807, 2.05) is 62.4 Å². The quantitative estimate of drug-likeness (QED) is 0.474. The summed E-state index contributed by atoms with van der Waals surface area (Å²) < 4.78 is 5.39. The first-order valence-corrected chi connectivity index (χ1v) is 10.6. The number of amides is 2. The highest BCUT2D eigenvalue weighted by molar-refractivity contribution is 6.04. The van der Waals surface area contributed by atoms with Crippen LogP contribution in [0.1, 0.15) is 40.0 Å². The van der Waals surface area contributed by atoms with Crippen molar-refractivity contribution in [3.05, 3.63) is 95.1 Å². The van der Waals surface area contributed by atoms with Crippen LogP contribution in [0.15, 0.2) is 72.8 Å². The SMILES string of the molecule is COc1ccccc1[C@H](C)NCC(=O)Nc1ccccc1C(=O)NCc1ccc(C)cc1. The van der Waals surface area contributed by atoms with Gasteiger partial charge in [-0.25, -0.2) is 0 Å². The summed E-state index contributed by atoms with van der Waals surface area (Å²) >= 11 is 0. The second kappa shape index (κ2) is 11.1. The summed E-state index contributed by atoms with van der Waals surface area (Å²) in [6.45, 7) is 4.50. The van der Waals surface area contributed by atoms with Gasteiger partial charge >= 0.3 is 0 Å². The molecule has 0 saturated carbocycles. The van der Waals surface area contributed by atoms with Gasteiger partial charge in [-0.1, -0.05) is 60.2 Å². The Labute approximate surface area is 189 Å². The summed E-state index contributed by atoms with van der Waals surface area (Å²) in [5.74, 6) is 0.297. The topological polar surface area (TPSA) is 79.5 Å². The second-order valence-corrected chi connectivity index (χ2v) is 7.61. The molecule has 0 fully saturated rings. The van der Waals surface area contributed by atoms with Gasteiger partial charge in [0.05, 0.1) is 24.9 Å². The zero-order valence-electron chi connectivity index (χ0n) is 18.6. The van der Waals surface area contributed by atoms with E-state index in [0.717, 1.165) is 16.9 Å². The molecule has 6 heteroatoms. The minimum absolute atomic E-state index is 0.0787. The summed E-state index contributed by atoms with van der Waals surface area (Å²) in [5.41, 5.74) is 4.05. The molecule has 0 aromatic heterocycles. The Bertz CT molecular complexity index is 1060. The average molecular weight is 432 g/mol. The maximum atomic E-state index is 12.7. The third kappa shape index (κ3) is 6.18. The van der Waals surface area contributed by atoms with Crippen molar-refractivity contribution in [2.75, 3.05) is 19.0 Å². The monoisotopic (exact) mass is 431 g/mol. The molecule has 0 bridgehead atoms. The molecule has 3 aromatic carbocycles. The highest BCUT2D eigenvalue weighted by Crippen LogP contribution is 2.24. The largest absolute Gasteiger partial charge is 0.496 e. The normalized spacial score (nSPS) is 11.5. The molecule has 0 radical (unpaired) electrons. The molecule has 0 spiro atoms. The van der Waals surface area contributed by atoms with E-state index in [-0.39, 0.29) is 24.4 Å². The third-order valence-electron chi connectivity index (χ3n) is 5.19. The van der Waals surface area contributed by atoms with E-state index >= 15 is 0 Å². The zero-order chi connectivity index (χ0) is 22.9. The van der Waals surface area contributed by atoms with Gasteiger partial charge in [-0.3, -0.25) is 9.59 Å². The number of para-hydroxylation sites is 2. The minimum Gasteiger partial charge on any atom is -0.496 e. The van der Waals surface area contributed by atoms with Gasteiger partial charge in [-0.2, -0.15) is 0 Å². The number of nitrogens with one attached hydrogen (secondary N) is 3. The number of benzene rings is 3. The smallest absolute Gasteiger partial charge is 0.253 e. The van der Waals surface area contributed by atoms with Crippen LogP contribution in [-0.2, 0) is 11.3 Å². The van der Waals surface area contributed by atoms with Crippen LogP contribution >= 0.6 is 0 Å². The first-order valence-electron chi connectivity index (χ1n) is 10.6. The van der Waals surface area contributed by atoms with Gasteiger partial charge in [-0.15, -0.1) is 0 Å². The van der Waals surface area contributed by atoms with Gasteiger partial charge in [0.25, 0.3) is 5.91 Å². The highest BCUT2D eigenvalue weighted by atomic mass is 16.5. The summed E-state index contributed by atoms with van der Waals surface area (Å²) in [5, 5.41) is 8.95. The van der Waals surface area contributed by atoms with Gasteiger partial charge in [0.2, 0.25) is 5.91 Å². The molecule has 0 aliphatic rings. The van der Waals surface area contributed by atoms with E-state index in [1.54, 1.807) is 31.4 Å². The summed E-state index contributed by atoms with van der Waals surface area (Å²) in [7, 11) is 1.62. The number of aryl methyl sites for hydroxylation is 1. The number of methoxy groups -OCH3 is 1. The van der Waals surface area contributed by atoms with Crippen molar-refractivity contribution >= 4 is 17.5 Å². The Hall–Kier alpha value is -3.64. The molecule has 3 rings (SSSR count). The first-order chi connectivity index (χ1) is 15.5. The number of hydrogen-bond acceptors (Lipinski definition) is 4. The number of anilines is 1. The molecule has 32 heavy (non-hydrogen) atoms. The Morgan fingerprint density at radius 2 is 1.62 bits per heavy atom. The molecule has 3 N–H and O–H groups in total. The Balaban J connectivity index is 1.58. The van der Waals surface area contributed by atoms with Gasteiger partial charge in [-0.05, 0) is 37.6 Å². The number of rotatable bonds is 9. The van der Waals surface area contributed by atoms with E-state index in [9.17, 15) is 9.59 Å². The standard InChI is InChI=1S/C26H29N3O3/c1-18-12-14-20(15-13-18)16-28-26(31)22-9-4-6-10-23(22)29-25(30)17-27-19(2)21-8-5-7-11-24(21)32-3/h4-15,19,27H,16-17H2,1-3H3,(H,28,31)(H,29,30)/t19-/m0/s1. The zero-order valence-corrected chi connectivity index (χ0v) is 18.6. The van der Waals surface area contributed by atoms with Crippen LogP contribution in [0.25, 0.3) is 0 Å². The molecule has 6 nitrogen and oxygen atoms in total. The summed E-state index contributed by atoms with van der Waals surface area (Å²) in [4.78, 5) is 25.3. The molecule has 0 aliphatic carbocycles. The van der Waals surface area contributed by atoms with E-state index in [2.05, 4.69) is 16.0 Å². The molecular formula is C26H29N3O3. The number of carbonyl (C=O) groups excluding carboxylic acids is 2. The average Bonchev–Trinajstić information content (AvgIpc) is 2.82. The van der Waals surface area contributed by atoms with Crippen LogP contribution in [0.4, 0.5) is 5.69 Å². The fourth-order valence-corrected chi connectivity index (χ4v) is 3.35. The lowest BCUT2D eigenvalue weighted by Crippen LogP contribution is -2.31. The predicted octanol–water partition coefficient (Wildman–Crippen LogP) is 4.22. The molecule has 0 heterocycles. The van der Waals surface area contributed by atoms with Crippen molar-refractivity contribution in [3.8, 4) is 5.75 Å². The van der Waals surface area contributed by atoms with Crippen LogP contribution in [-0.4, -0.2) is 25.5 Å². The molecule has 1 atom stereocenters. The van der Waals surface area contributed by atoms with Crippen molar-refractivity contribution in [2.45, 2.75) is 26.4 Å². The van der Waals surface area contributed by atoms with Gasteiger partial charge in [0.1, 0.15) is 5.75 Å². The van der Waals surface area contributed by atoms with Crippen LogP contribution < -0.4 is 20.7 Å².